The Hall–Kier alpha value is -2.71. The number of tetrazole rings is 1. The summed E-state index contributed by atoms with van der Waals surface area (Å²) < 4.78 is 5.99. The van der Waals surface area contributed by atoms with E-state index in [9.17, 15) is 24.8 Å². The number of ether oxygens (including phenoxy) is 1. The van der Waals surface area contributed by atoms with Crippen molar-refractivity contribution in [2.45, 2.75) is 41.3 Å². The van der Waals surface area contributed by atoms with Gasteiger partial charge in [-0.3, -0.25) is 19.7 Å². The van der Waals surface area contributed by atoms with Gasteiger partial charge < -0.3 is 14.7 Å². The first kappa shape index (κ1) is 23.4. The fourth-order valence-electron chi connectivity index (χ4n) is 3.79. The first-order chi connectivity index (χ1) is 15.5. The third-order valence-electron chi connectivity index (χ3n) is 5.58. The molecule has 3 atom stereocenters. The summed E-state index contributed by atoms with van der Waals surface area (Å²) in [6.45, 7) is 3.24. The van der Waals surface area contributed by atoms with Gasteiger partial charge in [-0.2, -0.15) is 0 Å². The molecule has 1 N–H and O–H groups in total. The normalized spacial score (nSPS) is 24.4. The topological polar surface area (TPSA) is 154 Å². The van der Waals surface area contributed by atoms with E-state index >= 15 is 0 Å². The molecule has 176 valence electrons. The number of hydrogen-bond acceptors (Lipinski definition) is 11. The van der Waals surface area contributed by atoms with E-state index < -0.39 is 27.2 Å². The van der Waals surface area contributed by atoms with E-state index in [1.54, 1.807) is 25.8 Å². The molecular weight excluding hydrogens is 472 g/mol. The summed E-state index contributed by atoms with van der Waals surface area (Å²) in [5, 5.41) is 32.8. The van der Waals surface area contributed by atoms with Gasteiger partial charge in [0.05, 0.1) is 21.8 Å². The number of nitro benzene ring substituents is 1. The molecule has 3 heterocycles. The number of aliphatic hydroxyl groups is 1. The van der Waals surface area contributed by atoms with Gasteiger partial charge in [-0.15, -0.1) is 16.9 Å². The number of benzene rings is 1. The maximum absolute atomic E-state index is 13.3. The molecule has 4 rings (SSSR count). The highest BCUT2D eigenvalue weighted by Crippen LogP contribution is 2.54. The van der Waals surface area contributed by atoms with Crippen LogP contribution in [0.5, 0.6) is 0 Å². The number of non-ortho nitro benzene ring substituents is 1. The third kappa shape index (κ3) is 4.42. The number of amides is 1. The van der Waals surface area contributed by atoms with Crippen LogP contribution >= 0.6 is 23.5 Å². The second-order valence-corrected chi connectivity index (χ2v) is 10.9. The van der Waals surface area contributed by atoms with E-state index in [0.717, 1.165) is 0 Å². The minimum absolute atomic E-state index is 0.0536. The molecule has 14 heteroatoms. The standard InChI is InChI=1S/C19H22N6O6S2/c1-18(2,28)13-14(26)24-9-19(33-15(13)24,10-32-17-20-21-22-23(17)3)16(27)31-8-11-4-6-12(7-5-11)25(29)30/h4-7,13,15,28H,8-10H2,1-3H3/t13-,15-,19?/m1/s1. The highest BCUT2D eigenvalue weighted by atomic mass is 32.2. The molecular formula is C19H22N6O6S2. The molecule has 33 heavy (non-hydrogen) atoms. The Morgan fingerprint density at radius 3 is 2.70 bits per heavy atom. The van der Waals surface area contributed by atoms with E-state index in [1.807, 2.05) is 0 Å². The van der Waals surface area contributed by atoms with Gasteiger partial charge in [-0.25, -0.2) is 4.68 Å². The number of aromatic nitrogens is 4. The molecule has 2 fully saturated rings. The van der Waals surface area contributed by atoms with Crippen molar-refractivity contribution in [1.29, 1.82) is 0 Å². The van der Waals surface area contributed by atoms with Crippen molar-refractivity contribution in [2.24, 2.45) is 13.0 Å². The second-order valence-electron chi connectivity index (χ2n) is 8.47. The molecule has 2 aliphatic heterocycles. The lowest BCUT2D eigenvalue weighted by Crippen LogP contribution is -2.63. The van der Waals surface area contributed by atoms with E-state index in [4.69, 9.17) is 4.74 Å². The summed E-state index contributed by atoms with van der Waals surface area (Å²) in [4.78, 5) is 37.9. The average molecular weight is 495 g/mol. The van der Waals surface area contributed by atoms with Crippen molar-refractivity contribution >= 4 is 41.1 Å². The highest BCUT2D eigenvalue weighted by molar-refractivity contribution is 8.05. The number of nitro groups is 1. The number of nitrogens with zero attached hydrogens (tertiary/aromatic N) is 6. The largest absolute Gasteiger partial charge is 0.460 e. The summed E-state index contributed by atoms with van der Waals surface area (Å²) in [5.41, 5.74) is -0.668. The number of fused-ring (bicyclic) bond motifs is 1. The molecule has 0 spiro atoms. The number of carbonyl (C=O) groups is 2. The van der Waals surface area contributed by atoms with Crippen LogP contribution in [0.25, 0.3) is 0 Å². The SMILES string of the molecule is Cn1nnnc1SCC1(C(=O)OCc2ccc([N+](=O)[O-])cc2)CN2C(=O)[C@@H](C(C)(C)O)[C@H]2S1. The Bertz CT molecular complexity index is 1090. The van der Waals surface area contributed by atoms with E-state index in [1.165, 1.54) is 52.5 Å². The lowest BCUT2D eigenvalue weighted by atomic mass is 9.83. The lowest BCUT2D eigenvalue weighted by Gasteiger charge is -2.46. The van der Waals surface area contributed by atoms with Crippen LogP contribution < -0.4 is 0 Å². The van der Waals surface area contributed by atoms with Crippen LogP contribution in [-0.4, -0.2) is 75.0 Å². The van der Waals surface area contributed by atoms with E-state index in [0.29, 0.717) is 10.7 Å². The molecule has 2 aliphatic rings. The summed E-state index contributed by atoms with van der Waals surface area (Å²) >= 11 is 2.58. The van der Waals surface area contributed by atoms with E-state index in [2.05, 4.69) is 15.5 Å². The van der Waals surface area contributed by atoms with Crippen LogP contribution in [0.2, 0.25) is 0 Å². The molecule has 0 radical (unpaired) electrons. The number of β-lactam (4-membered cyclic amide) rings is 1. The predicted octanol–water partition coefficient (Wildman–Crippen LogP) is 0.995. The molecule has 0 aliphatic carbocycles. The zero-order valence-electron chi connectivity index (χ0n) is 18.1. The predicted molar refractivity (Wildman–Crippen MR) is 118 cm³/mol. The lowest BCUT2D eigenvalue weighted by molar-refractivity contribution is -0.384. The van der Waals surface area contributed by atoms with Crippen LogP contribution in [0.3, 0.4) is 0 Å². The van der Waals surface area contributed by atoms with Crippen LogP contribution in [0.4, 0.5) is 5.69 Å². The fraction of sp³-hybridized carbons (Fsp3) is 0.526. The maximum atomic E-state index is 13.3. The van der Waals surface area contributed by atoms with Gasteiger partial charge >= 0.3 is 5.97 Å². The highest BCUT2D eigenvalue weighted by Gasteiger charge is 2.65. The van der Waals surface area contributed by atoms with Gasteiger partial charge in [0, 0.05) is 31.5 Å². The molecule has 12 nitrogen and oxygen atoms in total. The molecule has 0 bridgehead atoms. The smallest absolute Gasteiger partial charge is 0.325 e. The number of hydrogen-bond donors (Lipinski definition) is 1. The summed E-state index contributed by atoms with van der Waals surface area (Å²) in [6.07, 6.45) is 0. The van der Waals surface area contributed by atoms with Gasteiger partial charge in [0.15, 0.2) is 0 Å². The molecule has 1 amide bonds. The van der Waals surface area contributed by atoms with Crippen molar-refractivity contribution in [3.8, 4) is 0 Å². The zero-order valence-corrected chi connectivity index (χ0v) is 19.7. The van der Waals surface area contributed by atoms with Gasteiger partial charge in [-0.1, -0.05) is 11.8 Å². The zero-order chi connectivity index (χ0) is 24.0. The van der Waals surface area contributed by atoms with Crippen LogP contribution in [-0.2, 0) is 28.0 Å². The molecule has 2 saturated heterocycles. The van der Waals surface area contributed by atoms with Gasteiger partial charge in [0.1, 0.15) is 11.4 Å². The number of aryl methyl sites for hydroxylation is 1. The Morgan fingerprint density at radius 2 is 2.12 bits per heavy atom. The van der Waals surface area contributed by atoms with Crippen molar-refractivity contribution in [3.63, 3.8) is 0 Å². The van der Waals surface area contributed by atoms with Crippen LogP contribution in [0.1, 0.15) is 19.4 Å². The quantitative estimate of drug-likeness (QED) is 0.184. The van der Waals surface area contributed by atoms with Gasteiger partial charge in [0.25, 0.3) is 5.69 Å². The Labute approximate surface area is 197 Å². The molecule has 0 saturated carbocycles. The second kappa shape index (κ2) is 8.57. The van der Waals surface area contributed by atoms with Crippen molar-refractivity contribution in [1.82, 2.24) is 25.1 Å². The number of esters is 1. The molecule has 1 unspecified atom stereocenters. The monoisotopic (exact) mass is 494 g/mol. The van der Waals surface area contributed by atoms with Gasteiger partial charge in [-0.05, 0) is 42.0 Å². The molecule has 2 aromatic rings. The summed E-state index contributed by atoms with van der Waals surface area (Å²) in [6, 6.07) is 5.75. The maximum Gasteiger partial charge on any atom is 0.325 e. The minimum atomic E-state index is -1.22. The third-order valence-corrected chi connectivity index (χ3v) is 8.66. The Balaban J connectivity index is 1.51. The Morgan fingerprint density at radius 1 is 1.42 bits per heavy atom. The first-order valence-corrected chi connectivity index (χ1v) is 11.8. The first-order valence-electron chi connectivity index (χ1n) is 9.98. The van der Waals surface area contributed by atoms with Crippen molar-refractivity contribution < 1.29 is 24.4 Å². The van der Waals surface area contributed by atoms with Crippen LogP contribution in [0, 0.1) is 16.0 Å². The summed E-state index contributed by atoms with van der Waals surface area (Å²) in [7, 11) is 1.69. The van der Waals surface area contributed by atoms with E-state index in [-0.39, 0.29) is 35.9 Å². The number of thioether (sulfide) groups is 2. The summed E-state index contributed by atoms with van der Waals surface area (Å²) in [5.74, 6) is -1.07. The number of rotatable bonds is 8. The fourth-order valence-corrected chi connectivity index (χ4v) is 6.85. The van der Waals surface area contributed by atoms with Crippen molar-refractivity contribution in [3.05, 3.63) is 39.9 Å². The Kier molecular flexibility index (Phi) is 6.09. The number of carbonyl (C=O) groups excluding carboxylic acids is 2. The minimum Gasteiger partial charge on any atom is -0.460 e. The molecule has 1 aromatic heterocycles. The van der Waals surface area contributed by atoms with Crippen LogP contribution in [0.15, 0.2) is 29.4 Å². The van der Waals surface area contributed by atoms with Crippen molar-refractivity contribution in [2.75, 3.05) is 12.3 Å². The van der Waals surface area contributed by atoms with Gasteiger partial charge in [0.2, 0.25) is 11.1 Å². The average Bonchev–Trinajstić information content (AvgIpc) is 3.31. The molecule has 1 aromatic carbocycles.